The van der Waals surface area contributed by atoms with Crippen LogP contribution in [0.1, 0.15) is 0 Å². The lowest BCUT2D eigenvalue weighted by Gasteiger charge is -1.87. The van der Waals surface area contributed by atoms with Gasteiger partial charge in [-0.1, -0.05) is 11.6 Å². The first kappa shape index (κ1) is 7.06. The molecule has 2 rings (SSSR count). The molecule has 2 aromatic heterocycles. The Bertz CT molecular complexity index is 398. The summed E-state index contributed by atoms with van der Waals surface area (Å²) in [6.45, 7) is 0. The SMILES string of the molecule is Clc1[nH]nc2nc(Br)ccc12. The summed E-state index contributed by atoms with van der Waals surface area (Å²) in [5.41, 5.74) is 0.629. The van der Waals surface area contributed by atoms with Gasteiger partial charge < -0.3 is 0 Å². The molecular formula is C6H3BrClN3. The first-order valence-corrected chi connectivity index (χ1v) is 4.10. The summed E-state index contributed by atoms with van der Waals surface area (Å²) in [5, 5.41) is 7.89. The van der Waals surface area contributed by atoms with Crippen molar-refractivity contribution in [3.05, 3.63) is 21.9 Å². The third-order valence-corrected chi connectivity index (χ3v) is 2.07. The van der Waals surface area contributed by atoms with E-state index >= 15 is 0 Å². The number of aromatic nitrogens is 3. The molecule has 0 fully saturated rings. The molecule has 2 aromatic rings. The van der Waals surface area contributed by atoms with Gasteiger partial charge in [0.25, 0.3) is 0 Å². The van der Waals surface area contributed by atoms with Gasteiger partial charge in [-0.25, -0.2) is 4.98 Å². The summed E-state index contributed by atoms with van der Waals surface area (Å²) in [4.78, 5) is 4.09. The zero-order valence-electron chi connectivity index (χ0n) is 5.31. The number of fused-ring (bicyclic) bond motifs is 1. The van der Waals surface area contributed by atoms with Crippen LogP contribution in [0.5, 0.6) is 0 Å². The summed E-state index contributed by atoms with van der Waals surface area (Å²) in [7, 11) is 0. The predicted molar refractivity (Wildman–Crippen MR) is 46.6 cm³/mol. The molecule has 1 N–H and O–H groups in total. The van der Waals surface area contributed by atoms with E-state index in [2.05, 4.69) is 31.1 Å². The van der Waals surface area contributed by atoms with E-state index in [1.54, 1.807) is 0 Å². The predicted octanol–water partition coefficient (Wildman–Crippen LogP) is 2.37. The molecule has 0 aliphatic rings. The monoisotopic (exact) mass is 231 g/mol. The average molecular weight is 232 g/mol. The Morgan fingerprint density at radius 3 is 3.09 bits per heavy atom. The van der Waals surface area contributed by atoms with E-state index in [9.17, 15) is 0 Å². The summed E-state index contributed by atoms with van der Waals surface area (Å²) in [6, 6.07) is 3.68. The van der Waals surface area contributed by atoms with Crippen molar-refractivity contribution in [1.29, 1.82) is 0 Å². The molecule has 0 atom stereocenters. The van der Waals surface area contributed by atoms with Gasteiger partial charge in [-0.15, -0.1) is 0 Å². The van der Waals surface area contributed by atoms with Crippen molar-refractivity contribution in [2.24, 2.45) is 0 Å². The van der Waals surface area contributed by atoms with E-state index in [1.807, 2.05) is 12.1 Å². The van der Waals surface area contributed by atoms with Crippen molar-refractivity contribution >= 4 is 38.6 Å². The molecular weight excluding hydrogens is 229 g/mol. The molecule has 2 heterocycles. The lowest BCUT2D eigenvalue weighted by molar-refractivity contribution is 1.09. The molecule has 0 aliphatic heterocycles. The number of H-pyrrole nitrogens is 1. The number of halogens is 2. The maximum absolute atomic E-state index is 5.75. The fourth-order valence-electron chi connectivity index (χ4n) is 0.844. The minimum absolute atomic E-state index is 0.528. The number of hydrogen-bond acceptors (Lipinski definition) is 2. The standard InChI is InChI=1S/C6H3BrClN3/c7-4-2-1-3-5(8)10-11-6(3)9-4/h1-2H,(H,9,10,11). The van der Waals surface area contributed by atoms with Crippen molar-refractivity contribution < 1.29 is 0 Å². The highest BCUT2D eigenvalue weighted by atomic mass is 79.9. The van der Waals surface area contributed by atoms with E-state index < -0.39 is 0 Å². The molecule has 0 bridgehead atoms. The molecule has 0 saturated carbocycles. The van der Waals surface area contributed by atoms with Gasteiger partial charge in [0.05, 0.1) is 5.39 Å². The maximum atomic E-state index is 5.75. The van der Waals surface area contributed by atoms with Gasteiger partial charge in [0.2, 0.25) is 0 Å². The normalized spacial score (nSPS) is 10.7. The molecule has 0 spiro atoms. The Labute approximate surface area is 75.9 Å². The number of aromatic amines is 1. The van der Waals surface area contributed by atoms with Crippen LogP contribution in [-0.2, 0) is 0 Å². The van der Waals surface area contributed by atoms with Crippen molar-refractivity contribution in [1.82, 2.24) is 15.2 Å². The van der Waals surface area contributed by atoms with Crippen LogP contribution in [-0.4, -0.2) is 15.2 Å². The lowest BCUT2D eigenvalue weighted by Crippen LogP contribution is -1.76. The Balaban J connectivity index is 2.86. The van der Waals surface area contributed by atoms with E-state index in [0.29, 0.717) is 10.8 Å². The fourth-order valence-corrected chi connectivity index (χ4v) is 1.33. The molecule has 0 amide bonds. The summed E-state index contributed by atoms with van der Waals surface area (Å²) in [5.74, 6) is 0. The first-order chi connectivity index (χ1) is 5.27. The third kappa shape index (κ3) is 1.12. The molecule has 0 aromatic carbocycles. The van der Waals surface area contributed by atoms with Crippen molar-refractivity contribution in [3.8, 4) is 0 Å². The van der Waals surface area contributed by atoms with Crippen molar-refractivity contribution in [2.75, 3.05) is 0 Å². The van der Waals surface area contributed by atoms with Crippen LogP contribution >= 0.6 is 27.5 Å². The van der Waals surface area contributed by atoms with Crippen LogP contribution in [0, 0.1) is 0 Å². The largest absolute Gasteiger partial charge is 0.264 e. The Morgan fingerprint density at radius 2 is 2.27 bits per heavy atom. The minimum atomic E-state index is 0.528. The zero-order chi connectivity index (χ0) is 7.84. The smallest absolute Gasteiger partial charge is 0.183 e. The van der Waals surface area contributed by atoms with Crippen LogP contribution in [0.25, 0.3) is 11.0 Å². The van der Waals surface area contributed by atoms with Gasteiger partial charge in [-0.3, -0.25) is 5.10 Å². The van der Waals surface area contributed by atoms with Crippen LogP contribution in [0.15, 0.2) is 16.7 Å². The van der Waals surface area contributed by atoms with Crippen LogP contribution in [0.2, 0.25) is 5.15 Å². The highest BCUT2D eigenvalue weighted by Crippen LogP contribution is 2.20. The van der Waals surface area contributed by atoms with Gasteiger partial charge in [0.1, 0.15) is 9.76 Å². The summed E-state index contributed by atoms with van der Waals surface area (Å²) in [6.07, 6.45) is 0. The van der Waals surface area contributed by atoms with Gasteiger partial charge >= 0.3 is 0 Å². The highest BCUT2D eigenvalue weighted by molar-refractivity contribution is 9.10. The summed E-state index contributed by atoms with van der Waals surface area (Å²) >= 11 is 8.99. The number of nitrogens with one attached hydrogen (secondary N) is 1. The molecule has 0 saturated heterocycles. The number of nitrogens with zero attached hydrogens (tertiary/aromatic N) is 2. The first-order valence-electron chi connectivity index (χ1n) is 2.93. The topological polar surface area (TPSA) is 41.6 Å². The molecule has 11 heavy (non-hydrogen) atoms. The fraction of sp³-hybridized carbons (Fsp3) is 0. The second-order valence-corrected chi connectivity index (χ2v) is 3.23. The van der Waals surface area contributed by atoms with Gasteiger partial charge in [-0.2, -0.15) is 5.10 Å². The van der Waals surface area contributed by atoms with Gasteiger partial charge in [0.15, 0.2) is 5.65 Å². The lowest BCUT2D eigenvalue weighted by atomic mass is 10.4. The van der Waals surface area contributed by atoms with Crippen molar-refractivity contribution in [2.45, 2.75) is 0 Å². The number of rotatable bonds is 0. The van der Waals surface area contributed by atoms with E-state index in [-0.39, 0.29) is 0 Å². The number of pyridine rings is 1. The van der Waals surface area contributed by atoms with Crippen LogP contribution < -0.4 is 0 Å². The third-order valence-electron chi connectivity index (χ3n) is 1.34. The second-order valence-electron chi connectivity index (χ2n) is 2.04. The van der Waals surface area contributed by atoms with E-state index in [0.717, 1.165) is 9.99 Å². The van der Waals surface area contributed by atoms with Crippen molar-refractivity contribution in [3.63, 3.8) is 0 Å². The van der Waals surface area contributed by atoms with E-state index in [4.69, 9.17) is 11.6 Å². The van der Waals surface area contributed by atoms with Crippen LogP contribution in [0.3, 0.4) is 0 Å². The van der Waals surface area contributed by atoms with E-state index in [1.165, 1.54) is 0 Å². The van der Waals surface area contributed by atoms with Gasteiger partial charge in [-0.05, 0) is 28.1 Å². The number of hydrogen-bond donors (Lipinski definition) is 1. The second kappa shape index (κ2) is 2.46. The minimum Gasteiger partial charge on any atom is -0.264 e. The molecule has 56 valence electrons. The Hall–Kier alpha value is -0.610. The molecule has 0 aliphatic carbocycles. The van der Waals surface area contributed by atoms with Gasteiger partial charge in [0, 0.05) is 0 Å². The Kier molecular flexibility index (Phi) is 1.58. The summed E-state index contributed by atoms with van der Waals surface area (Å²) < 4.78 is 0.758. The average Bonchev–Trinajstić information content (AvgIpc) is 2.32. The van der Waals surface area contributed by atoms with Crippen LogP contribution in [0.4, 0.5) is 0 Å². The molecule has 5 heteroatoms. The molecule has 0 radical (unpaired) electrons. The highest BCUT2D eigenvalue weighted by Gasteiger charge is 2.02. The maximum Gasteiger partial charge on any atom is 0.183 e. The molecule has 0 unspecified atom stereocenters. The zero-order valence-corrected chi connectivity index (χ0v) is 7.65. The quantitative estimate of drug-likeness (QED) is 0.709. The molecule has 3 nitrogen and oxygen atoms in total. The Morgan fingerprint density at radius 1 is 1.45 bits per heavy atom.